The van der Waals surface area contributed by atoms with E-state index in [1.807, 2.05) is 137 Å². The lowest BCUT2D eigenvalue weighted by Crippen LogP contribution is -2.36. The van der Waals surface area contributed by atoms with Crippen molar-refractivity contribution in [1.29, 1.82) is 0 Å². The number of nitro groups is 3. The molecule has 9 rings (SSSR count). The zero-order valence-electron chi connectivity index (χ0n) is 56.4. The second kappa shape index (κ2) is 41.0. The Hall–Kier alpha value is -11.3. The lowest BCUT2D eigenvalue weighted by Gasteiger charge is -2.27. The number of nitro benzene ring substituents is 3. The molecule has 0 saturated heterocycles. The highest BCUT2D eigenvalue weighted by atomic mass is 79.9. The molecule has 3 amide bonds. The minimum Gasteiger partial charge on any atom is -0.495 e. The van der Waals surface area contributed by atoms with E-state index in [0.717, 1.165) is 46.6 Å². The number of urea groups is 1. The third-order valence-electron chi connectivity index (χ3n) is 13.7. The molecule has 9 aromatic rings. The Bertz CT molecular complexity index is 3960. The van der Waals surface area contributed by atoms with Crippen molar-refractivity contribution < 1.29 is 57.9 Å². The first kappa shape index (κ1) is 78.4. The minimum atomic E-state index is -0.551. The first-order chi connectivity index (χ1) is 47.5. The molecule has 0 saturated carbocycles. The van der Waals surface area contributed by atoms with Crippen LogP contribution in [0.25, 0.3) is 0 Å². The van der Waals surface area contributed by atoms with Crippen molar-refractivity contribution in [2.45, 2.75) is 84.5 Å². The number of nitrogens with zero attached hydrogens (tertiary/aromatic N) is 6. The van der Waals surface area contributed by atoms with Gasteiger partial charge in [0.2, 0.25) is 0 Å². The molecule has 0 atom stereocenters. The third-order valence-corrected chi connectivity index (χ3v) is 14.4. The Morgan fingerprint density at radius 2 is 0.909 bits per heavy atom. The molecule has 8 aromatic carbocycles. The predicted molar refractivity (Wildman–Crippen MR) is 383 cm³/mol. The predicted octanol–water partition coefficient (Wildman–Crippen LogP) is 14.4. The third kappa shape index (κ3) is 27.4. The van der Waals surface area contributed by atoms with Gasteiger partial charge in [0.1, 0.15) is 17.1 Å². The van der Waals surface area contributed by atoms with Crippen LogP contribution < -0.4 is 50.7 Å². The van der Waals surface area contributed by atoms with E-state index in [1.54, 1.807) is 55.6 Å². The molecule has 27 heteroatoms. The second-order valence-corrected chi connectivity index (χ2v) is 22.9. The summed E-state index contributed by atoms with van der Waals surface area (Å²) in [6.07, 6.45) is 2.74. The molecule has 1 heterocycles. The molecular weight excluding hydrogens is 1340 g/mol. The number of anilines is 3. The number of aromatic nitrogens is 2. The molecule has 26 nitrogen and oxygen atoms in total. The van der Waals surface area contributed by atoms with Gasteiger partial charge in [-0.3, -0.25) is 45.5 Å². The topological polar surface area (TPSA) is 342 Å². The smallest absolute Gasteiger partial charge is 0.410 e. The average Bonchev–Trinajstić information content (AvgIpc) is 1.00. The molecule has 0 spiro atoms. The molecule has 7 N–H and O–H groups in total. The summed E-state index contributed by atoms with van der Waals surface area (Å²) >= 11 is 3.26. The minimum absolute atomic E-state index is 0.00722. The molecule has 0 unspecified atom stereocenters. The summed E-state index contributed by atoms with van der Waals surface area (Å²) in [6.45, 7) is 11.0. The number of ether oxygens (including phenoxy) is 6. The summed E-state index contributed by atoms with van der Waals surface area (Å²) in [6, 6.07) is 54.8. The lowest BCUT2D eigenvalue weighted by molar-refractivity contribution is -0.385. The lowest BCUT2D eigenvalue weighted by atomic mass is 10.1. The number of aliphatic hydroxyl groups excluding tert-OH is 1. The van der Waals surface area contributed by atoms with Gasteiger partial charge in [-0.2, -0.15) is 0 Å². The van der Waals surface area contributed by atoms with Crippen molar-refractivity contribution in [3.63, 3.8) is 0 Å². The molecule has 522 valence electrons. The number of amides is 3. The molecule has 1 aromatic heterocycles. The van der Waals surface area contributed by atoms with E-state index in [4.69, 9.17) is 39.3 Å². The van der Waals surface area contributed by atoms with Crippen molar-refractivity contribution in [1.82, 2.24) is 25.5 Å². The summed E-state index contributed by atoms with van der Waals surface area (Å²) in [5.74, 6) is 2.31. The quantitative estimate of drug-likeness (QED) is 0.0142. The molecule has 0 radical (unpaired) electrons. The van der Waals surface area contributed by atoms with E-state index in [0.29, 0.717) is 71.5 Å². The van der Waals surface area contributed by atoms with Gasteiger partial charge in [0, 0.05) is 62.8 Å². The maximum atomic E-state index is 12.6. The number of nitrogens with two attached hydrogens (primary N) is 1. The first-order valence-corrected chi connectivity index (χ1v) is 31.7. The fraction of sp³-hybridized carbons (Fsp3) is 0.250. The van der Waals surface area contributed by atoms with Crippen LogP contribution in [0.1, 0.15) is 71.0 Å². The Morgan fingerprint density at radius 1 is 0.505 bits per heavy atom. The number of aryl methyl sites for hydroxylation is 1. The van der Waals surface area contributed by atoms with Gasteiger partial charge in [0.15, 0.2) is 23.1 Å². The molecule has 0 fully saturated rings. The molecular formula is C72H82BrN11O15. The zero-order valence-corrected chi connectivity index (χ0v) is 58.0. The fourth-order valence-corrected chi connectivity index (χ4v) is 9.22. The van der Waals surface area contributed by atoms with Gasteiger partial charge in [-0.15, -0.1) is 0 Å². The number of aliphatic hydroxyl groups is 1. The number of methoxy groups -OCH3 is 5. The monoisotopic (exact) mass is 1420 g/mol. The van der Waals surface area contributed by atoms with E-state index in [9.17, 15) is 39.9 Å². The van der Waals surface area contributed by atoms with Crippen molar-refractivity contribution >= 4 is 62.3 Å². The number of nitrogens with one attached hydrogen (secondary N) is 4. The van der Waals surface area contributed by atoms with E-state index >= 15 is 0 Å². The molecule has 0 bridgehead atoms. The van der Waals surface area contributed by atoms with Crippen LogP contribution in [0.15, 0.2) is 194 Å². The van der Waals surface area contributed by atoms with Crippen LogP contribution in [-0.2, 0) is 55.9 Å². The van der Waals surface area contributed by atoms with Crippen molar-refractivity contribution in [2.24, 2.45) is 0 Å². The second-order valence-electron chi connectivity index (χ2n) is 22.3. The highest BCUT2D eigenvalue weighted by Crippen LogP contribution is 2.31. The van der Waals surface area contributed by atoms with Gasteiger partial charge < -0.3 is 55.2 Å². The van der Waals surface area contributed by atoms with Crippen molar-refractivity contribution in [3.05, 3.63) is 275 Å². The van der Waals surface area contributed by atoms with Crippen molar-refractivity contribution in [2.75, 3.05) is 51.9 Å². The van der Waals surface area contributed by atoms with E-state index in [1.165, 1.54) is 69.0 Å². The van der Waals surface area contributed by atoms with Gasteiger partial charge in [0.05, 0.1) is 86.4 Å². The average molecular weight is 1420 g/mol. The van der Waals surface area contributed by atoms with Crippen molar-refractivity contribution in [3.8, 4) is 28.7 Å². The van der Waals surface area contributed by atoms with E-state index < -0.39 is 26.4 Å². The van der Waals surface area contributed by atoms with Gasteiger partial charge >= 0.3 is 29.2 Å². The number of benzene rings is 8. The first-order valence-electron chi connectivity index (χ1n) is 30.6. The summed E-state index contributed by atoms with van der Waals surface area (Å²) in [5, 5.41) is 53.3. The van der Waals surface area contributed by atoms with Crippen LogP contribution >= 0.6 is 15.9 Å². The molecule has 99 heavy (non-hydrogen) atoms. The van der Waals surface area contributed by atoms with Crippen LogP contribution in [-0.4, -0.2) is 88.0 Å². The van der Waals surface area contributed by atoms with Gasteiger partial charge in [-0.05, 0) is 121 Å². The maximum absolute atomic E-state index is 12.6. The number of halogens is 1. The Labute approximate surface area is 583 Å². The fourth-order valence-electron chi connectivity index (χ4n) is 8.87. The molecule has 0 aliphatic carbocycles. The van der Waals surface area contributed by atoms with Gasteiger partial charge in [0.25, 0.3) is 0 Å². The van der Waals surface area contributed by atoms with Gasteiger partial charge in [-0.25, -0.2) is 14.6 Å². The number of rotatable bonds is 24. The molecule has 0 aliphatic heterocycles. The van der Waals surface area contributed by atoms with E-state index in [2.05, 4.69) is 59.3 Å². The number of hydrogen-bond donors (Lipinski definition) is 6. The summed E-state index contributed by atoms with van der Waals surface area (Å²) in [7, 11) is 7.35. The van der Waals surface area contributed by atoms with Crippen LogP contribution in [0, 0.1) is 37.3 Å². The Kier molecular flexibility index (Phi) is 32.5. The summed E-state index contributed by atoms with van der Waals surface area (Å²) < 4.78 is 31.0. The van der Waals surface area contributed by atoms with Crippen LogP contribution in [0.5, 0.6) is 28.7 Å². The summed E-state index contributed by atoms with van der Waals surface area (Å²) in [5.41, 5.74) is 15.0. The number of hydrogen-bond acceptors (Lipinski definition) is 20. The number of carbonyl (C=O) groups excluding carboxylic acids is 2. The van der Waals surface area contributed by atoms with Crippen LogP contribution in [0.2, 0.25) is 0 Å². The number of nitrogen functional groups attached to an aromatic ring is 1. The van der Waals surface area contributed by atoms with E-state index in [-0.39, 0.29) is 41.3 Å². The van der Waals surface area contributed by atoms with Crippen LogP contribution in [0.4, 0.5) is 43.8 Å². The Morgan fingerprint density at radius 3 is 1.35 bits per heavy atom. The number of alkyl halides is 1. The SMILES string of the molecule is COc1cc(CBr)ccc1[N+](=O)[O-].COc1cc(CN(Cc2ccccc2)C(=O)OC(C)(C)C)ccc1N.COc1cc(CNCc2ccccc2)ccc1NC(=O)Nc1cnc(C)cn1.COc1cc(CNCc2ccccc2)ccc1[N+](=O)[O-].COc1cc(CO)ccc1[N+](=O)[O-]. The largest absolute Gasteiger partial charge is 0.495 e. The normalized spacial score (nSPS) is 10.3. The maximum Gasteiger partial charge on any atom is 0.410 e. The summed E-state index contributed by atoms with van der Waals surface area (Å²) in [4.78, 5) is 65.0. The number of carbonyl (C=O) groups is 2. The Balaban J connectivity index is 0.000000230. The molecule has 0 aliphatic rings. The van der Waals surface area contributed by atoms with Crippen LogP contribution in [0.3, 0.4) is 0 Å². The highest BCUT2D eigenvalue weighted by molar-refractivity contribution is 9.08. The standard InChI is InChI=1S/C21H23N5O2.C20H26N2O3.C15H16N2O3.C8H8BrNO3.C8H9NO4/c1-15-11-24-20(14-23-15)26-21(27)25-18-9-8-17(10-19(18)28-2)13-22-12-16-6-4-3-5-7-16;1-20(2,3)25-19(23)22(13-15-8-6-5-7-9-15)14-16-10-11-17(21)18(12-16)24-4;1-20-15-9-13(7-8-14(15)17(18)19)11-16-10-12-5-3-2-4-6-12;1-13-8-4-6(5-9)2-3-7(8)10(11)12;1-13-8-4-6(5-10)2-3-7(8)9(11)12/h3-11,14,22H,12-13H2,1-2H3,(H2,24,25,26,27);5-12H,13-14,21H2,1-4H3;2-9,16H,10-11H2,1H3;2-4H,5H2,1H3;2-4,10H,5H2,1H3. The highest BCUT2D eigenvalue weighted by Gasteiger charge is 2.24. The zero-order chi connectivity index (χ0) is 72.3. The van der Waals surface area contributed by atoms with Gasteiger partial charge in [-0.1, -0.05) is 131 Å².